The van der Waals surface area contributed by atoms with Crippen molar-refractivity contribution in [2.75, 3.05) is 11.9 Å². The van der Waals surface area contributed by atoms with Gasteiger partial charge in [0.25, 0.3) is 5.56 Å². The molecule has 1 atom stereocenters. The van der Waals surface area contributed by atoms with Gasteiger partial charge in [-0.05, 0) is 36.2 Å². The molecule has 160 valence electrons. The summed E-state index contributed by atoms with van der Waals surface area (Å²) in [6.45, 7) is 2.42. The van der Waals surface area contributed by atoms with Crippen LogP contribution in [-0.4, -0.2) is 22.1 Å². The molecule has 0 radical (unpaired) electrons. The Hall–Kier alpha value is -3.13. The number of amides is 1. The van der Waals surface area contributed by atoms with Gasteiger partial charge in [-0.15, -0.1) is 0 Å². The van der Waals surface area contributed by atoms with Crippen molar-refractivity contribution >= 4 is 23.5 Å². The number of fused-ring (bicyclic) bond motifs is 1. The molecule has 8 heteroatoms. The quantitative estimate of drug-likeness (QED) is 0.463. The first kappa shape index (κ1) is 21.1. The zero-order valence-electron chi connectivity index (χ0n) is 17.2. The first-order chi connectivity index (χ1) is 15.0. The normalized spacial score (nSPS) is 15.3. The Kier molecular flexibility index (Phi) is 6.08. The Labute approximate surface area is 183 Å². The summed E-state index contributed by atoms with van der Waals surface area (Å²) < 4.78 is 21.2. The Morgan fingerprint density at radius 2 is 2.03 bits per heavy atom. The summed E-state index contributed by atoms with van der Waals surface area (Å²) in [7, 11) is 1.74. The van der Waals surface area contributed by atoms with Crippen molar-refractivity contribution in [1.82, 2.24) is 9.55 Å². The number of nitrogens with one attached hydrogen (secondary N) is 1. The molecule has 1 aromatic heterocycles. The van der Waals surface area contributed by atoms with Gasteiger partial charge in [-0.2, -0.15) is 4.98 Å². The molecule has 1 N–H and O–H groups in total. The van der Waals surface area contributed by atoms with Gasteiger partial charge in [-0.25, -0.2) is 4.39 Å². The zero-order valence-corrected chi connectivity index (χ0v) is 18.0. The lowest BCUT2D eigenvalue weighted by molar-refractivity contribution is -0.116. The van der Waals surface area contributed by atoms with E-state index in [1.807, 2.05) is 31.2 Å². The van der Waals surface area contributed by atoms with E-state index < -0.39 is 11.5 Å². The molecular weight excluding hydrogens is 417 g/mol. The van der Waals surface area contributed by atoms with Crippen LogP contribution < -0.4 is 15.6 Å². The molecule has 0 unspecified atom stereocenters. The van der Waals surface area contributed by atoms with Crippen LogP contribution in [0.15, 0.2) is 58.5 Å². The van der Waals surface area contributed by atoms with Crippen molar-refractivity contribution in [2.24, 2.45) is 7.05 Å². The van der Waals surface area contributed by atoms with E-state index in [4.69, 9.17) is 4.74 Å². The van der Waals surface area contributed by atoms with E-state index in [9.17, 15) is 14.0 Å². The predicted molar refractivity (Wildman–Crippen MR) is 118 cm³/mol. The number of anilines is 1. The third-order valence-corrected chi connectivity index (χ3v) is 6.27. The van der Waals surface area contributed by atoms with Crippen molar-refractivity contribution in [3.05, 3.63) is 81.4 Å². The van der Waals surface area contributed by atoms with E-state index in [1.165, 1.54) is 17.8 Å². The van der Waals surface area contributed by atoms with E-state index in [0.29, 0.717) is 40.2 Å². The molecule has 6 nitrogen and oxygen atoms in total. The van der Waals surface area contributed by atoms with Gasteiger partial charge < -0.3 is 14.6 Å². The van der Waals surface area contributed by atoms with Gasteiger partial charge in [-0.3, -0.25) is 9.59 Å². The summed E-state index contributed by atoms with van der Waals surface area (Å²) in [6, 6.07) is 13.9. The smallest absolute Gasteiger partial charge is 0.279 e. The minimum absolute atomic E-state index is 0.154. The minimum atomic E-state index is -0.416. The Morgan fingerprint density at radius 3 is 2.81 bits per heavy atom. The molecule has 0 saturated heterocycles. The molecular formula is C23H22FN3O3S. The van der Waals surface area contributed by atoms with E-state index in [2.05, 4.69) is 10.3 Å². The van der Waals surface area contributed by atoms with Gasteiger partial charge in [0.2, 0.25) is 5.91 Å². The molecule has 0 fully saturated rings. The highest BCUT2D eigenvalue weighted by molar-refractivity contribution is 7.98. The molecule has 2 heterocycles. The number of carbonyl (C=O) groups excluding carboxylic acids is 1. The summed E-state index contributed by atoms with van der Waals surface area (Å²) in [6.07, 6.45) is 0.154. The van der Waals surface area contributed by atoms with Gasteiger partial charge in [0.05, 0.1) is 12.2 Å². The Morgan fingerprint density at radius 1 is 1.23 bits per heavy atom. The molecule has 3 aromatic rings. The molecule has 0 spiro atoms. The molecule has 1 aliphatic rings. The van der Waals surface area contributed by atoms with Gasteiger partial charge in [-0.1, -0.05) is 42.1 Å². The number of aromatic nitrogens is 2. The third-order valence-electron chi connectivity index (χ3n) is 5.19. The third kappa shape index (κ3) is 4.34. The molecule has 1 amide bonds. The highest BCUT2D eigenvalue weighted by Gasteiger charge is 2.32. The number of halogens is 1. The summed E-state index contributed by atoms with van der Waals surface area (Å²) in [5.41, 5.74) is 1.41. The Bertz CT molecular complexity index is 1190. The van der Waals surface area contributed by atoms with Gasteiger partial charge in [0, 0.05) is 25.1 Å². The Balaban J connectivity index is 1.71. The van der Waals surface area contributed by atoms with E-state index in [0.717, 1.165) is 5.56 Å². The summed E-state index contributed by atoms with van der Waals surface area (Å²) >= 11 is 1.25. The van der Waals surface area contributed by atoms with Crippen LogP contribution >= 0.6 is 11.8 Å². The number of hydrogen-bond donors (Lipinski definition) is 1. The molecule has 31 heavy (non-hydrogen) atoms. The lowest BCUT2D eigenvalue weighted by Gasteiger charge is -2.27. The molecule has 2 aromatic carbocycles. The van der Waals surface area contributed by atoms with Gasteiger partial charge in [0.1, 0.15) is 17.4 Å². The number of rotatable bonds is 6. The predicted octanol–water partition coefficient (Wildman–Crippen LogP) is 4.08. The first-order valence-corrected chi connectivity index (χ1v) is 11.0. The monoisotopic (exact) mass is 439 g/mol. The fourth-order valence-corrected chi connectivity index (χ4v) is 4.65. The second kappa shape index (κ2) is 8.93. The fraction of sp³-hybridized carbons (Fsp3) is 0.261. The number of hydrogen-bond acceptors (Lipinski definition) is 5. The van der Waals surface area contributed by atoms with Crippen LogP contribution in [0.5, 0.6) is 5.75 Å². The van der Waals surface area contributed by atoms with Crippen LogP contribution in [0.4, 0.5) is 10.2 Å². The number of ether oxygens (including phenoxy) is 1. The first-order valence-electron chi connectivity index (χ1n) is 9.97. The highest BCUT2D eigenvalue weighted by Crippen LogP contribution is 2.37. The maximum Gasteiger partial charge on any atom is 0.279 e. The van der Waals surface area contributed by atoms with Crippen molar-refractivity contribution < 1.29 is 13.9 Å². The largest absolute Gasteiger partial charge is 0.494 e. The molecule has 0 saturated carbocycles. The molecule has 1 aliphatic heterocycles. The highest BCUT2D eigenvalue weighted by atomic mass is 32.2. The van der Waals surface area contributed by atoms with Crippen molar-refractivity contribution in [2.45, 2.75) is 30.2 Å². The van der Waals surface area contributed by atoms with Crippen LogP contribution in [0.3, 0.4) is 0 Å². The average Bonchev–Trinajstić information content (AvgIpc) is 2.76. The number of thioether (sulfide) groups is 1. The van der Waals surface area contributed by atoms with Crippen LogP contribution in [0, 0.1) is 5.82 Å². The standard InChI is InChI=1S/C23H22FN3O3S/c1-3-30-16-9-6-8-14(11-16)17-12-19(28)25-21-20(17)22(29)26-23(27(21)2)31-13-15-7-4-5-10-18(15)24/h4-11,17H,3,12-13H2,1-2H3,(H,25,28)/t17-/m0/s1. The maximum atomic E-state index is 14.0. The topological polar surface area (TPSA) is 73.2 Å². The molecule has 0 aliphatic carbocycles. The number of nitrogens with zero attached hydrogens (tertiary/aromatic N) is 2. The second-order valence-corrected chi connectivity index (χ2v) is 8.15. The van der Waals surface area contributed by atoms with Crippen LogP contribution in [0.1, 0.15) is 36.0 Å². The average molecular weight is 440 g/mol. The van der Waals surface area contributed by atoms with Crippen molar-refractivity contribution in [3.8, 4) is 5.75 Å². The number of carbonyl (C=O) groups is 1. The summed E-state index contributed by atoms with van der Waals surface area (Å²) in [4.78, 5) is 29.8. The van der Waals surface area contributed by atoms with Gasteiger partial charge >= 0.3 is 0 Å². The van der Waals surface area contributed by atoms with E-state index >= 15 is 0 Å². The second-order valence-electron chi connectivity index (χ2n) is 7.21. The fourth-order valence-electron chi connectivity index (χ4n) is 3.69. The van der Waals surface area contributed by atoms with Crippen LogP contribution in [0.25, 0.3) is 0 Å². The van der Waals surface area contributed by atoms with Gasteiger partial charge in [0.15, 0.2) is 5.16 Å². The summed E-state index contributed by atoms with van der Waals surface area (Å²) in [5.74, 6) is 0.542. The lowest BCUT2D eigenvalue weighted by Crippen LogP contribution is -2.33. The van der Waals surface area contributed by atoms with Crippen LogP contribution in [0.2, 0.25) is 0 Å². The zero-order chi connectivity index (χ0) is 22.0. The van der Waals surface area contributed by atoms with Crippen molar-refractivity contribution in [1.29, 1.82) is 0 Å². The SMILES string of the molecule is CCOc1cccc([C@@H]2CC(=O)Nc3c2c(=O)nc(SCc2ccccc2F)n3C)c1. The molecule has 0 bridgehead atoms. The maximum absolute atomic E-state index is 14.0. The van der Waals surface area contributed by atoms with Crippen molar-refractivity contribution in [3.63, 3.8) is 0 Å². The summed E-state index contributed by atoms with van der Waals surface area (Å²) in [5, 5.41) is 3.24. The van der Waals surface area contributed by atoms with E-state index in [1.54, 1.807) is 29.8 Å². The lowest BCUT2D eigenvalue weighted by atomic mass is 9.86. The number of benzene rings is 2. The molecule has 4 rings (SSSR count). The minimum Gasteiger partial charge on any atom is -0.494 e. The van der Waals surface area contributed by atoms with Crippen LogP contribution in [-0.2, 0) is 17.6 Å². The van der Waals surface area contributed by atoms with E-state index in [-0.39, 0.29) is 18.1 Å².